The molecule has 0 fully saturated rings. The SMILES string of the molecule is CCCCCCCCCCCCc1cccc(C(=O)CC(C)=O)c1. The lowest BCUT2D eigenvalue weighted by atomic mass is 10.00. The molecule has 0 bridgehead atoms. The summed E-state index contributed by atoms with van der Waals surface area (Å²) in [5, 5.41) is 0. The Hall–Kier alpha value is -1.44. The molecule has 0 unspecified atom stereocenters. The summed E-state index contributed by atoms with van der Waals surface area (Å²) in [4.78, 5) is 23.0. The predicted octanol–water partition coefficient (Wildman–Crippen LogP) is 6.31. The van der Waals surface area contributed by atoms with Crippen molar-refractivity contribution in [2.24, 2.45) is 0 Å². The molecule has 0 atom stereocenters. The third-order valence-electron chi connectivity index (χ3n) is 4.48. The van der Waals surface area contributed by atoms with E-state index < -0.39 is 0 Å². The van der Waals surface area contributed by atoms with Crippen LogP contribution in [-0.2, 0) is 11.2 Å². The average molecular weight is 331 g/mol. The molecule has 0 radical (unpaired) electrons. The molecule has 0 spiro atoms. The summed E-state index contributed by atoms with van der Waals surface area (Å²) in [5.41, 5.74) is 1.89. The van der Waals surface area contributed by atoms with Gasteiger partial charge >= 0.3 is 0 Å². The maximum absolute atomic E-state index is 11.9. The molecular formula is C22H34O2. The molecular weight excluding hydrogens is 296 g/mol. The molecule has 24 heavy (non-hydrogen) atoms. The van der Waals surface area contributed by atoms with Gasteiger partial charge in [-0.3, -0.25) is 9.59 Å². The molecule has 2 nitrogen and oxygen atoms in total. The minimum Gasteiger partial charge on any atom is -0.300 e. The second-order valence-electron chi connectivity index (χ2n) is 6.93. The Bertz CT molecular complexity index is 490. The van der Waals surface area contributed by atoms with E-state index in [0.717, 1.165) is 6.42 Å². The summed E-state index contributed by atoms with van der Waals surface area (Å²) in [6, 6.07) is 7.78. The number of Topliss-reactive ketones (excluding diaryl/α,β-unsaturated/α-hetero) is 2. The van der Waals surface area contributed by atoms with Gasteiger partial charge < -0.3 is 0 Å². The van der Waals surface area contributed by atoms with Gasteiger partial charge in [0.2, 0.25) is 0 Å². The number of carbonyl (C=O) groups excluding carboxylic acids is 2. The number of aryl methyl sites for hydroxylation is 1. The number of ketones is 2. The minimum absolute atomic E-state index is 0.0156. The van der Waals surface area contributed by atoms with E-state index in [1.807, 2.05) is 18.2 Å². The maximum atomic E-state index is 11.9. The first-order valence-corrected chi connectivity index (χ1v) is 9.75. The lowest BCUT2D eigenvalue weighted by Gasteiger charge is -2.05. The molecule has 1 aromatic rings. The summed E-state index contributed by atoms with van der Waals surface area (Å²) < 4.78 is 0. The molecule has 0 aliphatic rings. The van der Waals surface area contributed by atoms with Gasteiger partial charge in [0.15, 0.2) is 5.78 Å². The summed E-state index contributed by atoms with van der Waals surface area (Å²) in [6.07, 6.45) is 14.4. The molecule has 0 amide bonds. The van der Waals surface area contributed by atoms with E-state index in [4.69, 9.17) is 0 Å². The third-order valence-corrected chi connectivity index (χ3v) is 4.48. The quantitative estimate of drug-likeness (QED) is 0.227. The second-order valence-corrected chi connectivity index (χ2v) is 6.93. The molecule has 0 aliphatic heterocycles. The Morgan fingerprint density at radius 3 is 2.00 bits per heavy atom. The largest absolute Gasteiger partial charge is 0.300 e. The van der Waals surface area contributed by atoms with Crippen molar-refractivity contribution in [3.8, 4) is 0 Å². The summed E-state index contributed by atoms with van der Waals surface area (Å²) in [5.74, 6) is -0.132. The van der Waals surface area contributed by atoms with Gasteiger partial charge in [0.25, 0.3) is 0 Å². The predicted molar refractivity (Wildman–Crippen MR) is 102 cm³/mol. The maximum Gasteiger partial charge on any atom is 0.170 e. The van der Waals surface area contributed by atoms with Crippen LogP contribution in [0.2, 0.25) is 0 Å². The normalized spacial score (nSPS) is 10.8. The van der Waals surface area contributed by atoms with Crippen LogP contribution in [0.1, 0.15) is 100 Å². The monoisotopic (exact) mass is 330 g/mol. The molecule has 2 heteroatoms. The van der Waals surface area contributed by atoms with Crippen LogP contribution in [0.15, 0.2) is 24.3 Å². The van der Waals surface area contributed by atoms with Gasteiger partial charge in [0, 0.05) is 5.56 Å². The highest BCUT2D eigenvalue weighted by atomic mass is 16.1. The smallest absolute Gasteiger partial charge is 0.170 e. The van der Waals surface area contributed by atoms with Gasteiger partial charge in [0.05, 0.1) is 6.42 Å². The zero-order chi connectivity index (χ0) is 17.6. The molecule has 0 aromatic heterocycles. The van der Waals surface area contributed by atoms with Crippen molar-refractivity contribution in [2.75, 3.05) is 0 Å². The van der Waals surface area contributed by atoms with Crippen LogP contribution in [0.25, 0.3) is 0 Å². The van der Waals surface area contributed by atoms with Crippen LogP contribution in [0.4, 0.5) is 0 Å². The number of unbranched alkanes of at least 4 members (excludes halogenated alkanes) is 9. The Morgan fingerprint density at radius 2 is 1.42 bits per heavy atom. The first kappa shape index (κ1) is 20.6. The van der Waals surface area contributed by atoms with Crippen molar-refractivity contribution in [3.05, 3.63) is 35.4 Å². The summed E-state index contributed by atoms with van der Waals surface area (Å²) in [6.45, 7) is 3.72. The van der Waals surface area contributed by atoms with Crippen LogP contribution in [0.3, 0.4) is 0 Å². The average Bonchev–Trinajstić information content (AvgIpc) is 2.56. The van der Waals surface area contributed by atoms with E-state index in [1.165, 1.54) is 76.7 Å². The molecule has 0 aliphatic carbocycles. The van der Waals surface area contributed by atoms with Gasteiger partial charge in [0.1, 0.15) is 5.78 Å². The highest BCUT2D eigenvalue weighted by molar-refractivity contribution is 6.07. The van der Waals surface area contributed by atoms with Gasteiger partial charge in [-0.2, -0.15) is 0 Å². The second kappa shape index (κ2) is 12.9. The van der Waals surface area contributed by atoms with Gasteiger partial charge in [-0.25, -0.2) is 0 Å². The van der Waals surface area contributed by atoms with Gasteiger partial charge in [-0.1, -0.05) is 82.9 Å². The van der Waals surface area contributed by atoms with Crippen molar-refractivity contribution in [1.29, 1.82) is 0 Å². The highest BCUT2D eigenvalue weighted by Gasteiger charge is 2.08. The standard InChI is InChI=1S/C22H34O2/c1-3-4-5-6-7-8-9-10-11-12-14-20-15-13-16-21(18-20)22(24)17-19(2)23/h13,15-16,18H,3-12,14,17H2,1-2H3. The Morgan fingerprint density at radius 1 is 0.833 bits per heavy atom. The van der Waals surface area contributed by atoms with Gasteiger partial charge in [-0.15, -0.1) is 0 Å². The van der Waals surface area contributed by atoms with Crippen LogP contribution < -0.4 is 0 Å². The van der Waals surface area contributed by atoms with E-state index in [9.17, 15) is 9.59 Å². The van der Waals surface area contributed by atoms with Gasteiger partial charge in [-0.05, 0) is 31.4 Å². The summed E-state index contributed by atoms with van der Waals surface area (Å²) >= 11 is 0. The van der Waals surface area contributed by atoms with Crippen LogP contribution in [0, 0.1) is 0 Å². The molecule has 1 rings (SSSR count). The van der Waals surface area contributed by atoms with Crippen molar-refractivity contribution >= 4 is 11.6 Å². The fourth-order valence-electron chi connectivity index (χ4n) is 3.05. The zero-order valence-corrected chi connectivity index (χ0v) is 15.6. The lowest BCUT2D eigenvalue weighted by molar-refractivity contribution is -0.116. The van der Waals surface area contributed by atoms with E-state index in [0.29, 0.717) is 5.56 Å². The number of hydrogen-bond donors (Lipinski definition) is 0. The zero-order valence-electron chi connectivity index (χ0n) is 15.6. The van der Waals surface area contributed by atoms with Crippen LogP contribution in [0.5, 0.6) is 0 Å². The molecule has 1 aromatic carbocycles. The Labute approximate surface area is 148 Å². The fraction of sp³-hybridized carbons (Fsp3) is 0.636. The Balaban J connectivity index is 2.15. The molecule has 0 N–H and O–H groups in total. The van der Waals surface area contributed by atoms with Crippen molar-refractivity contribution in [1.82, 2.24) is 0 Å². The third kappa shape index (κ3) is 9.64. The first-order valence-electron chi connectivity index (χ1n) is 9.75. The molecule has 0 saturated carbocycles. The number of carbonyl (C=O) groups is 2. The van der Waals surface area contributed by atoms with Crippen LogP contribution >= 0.6 is 0 Å². The summed E-state index contributed by atoms with van der Waals surface area (Å²) in [7, 11) is 0. The van der Waals surface area contributed by atoms with E-state index in [2.05, 4.69) is 13.0 Å². The van der Waals surface area contributed by atoms with Crippen molar-refractivity contribution in [2.45, 2.75) is 90.9 Å². The number of rotatable bonds is 14. The number of benzene rings is 1. The van der Waals surface area contributed by atoms with E-state index >= 15 is 0 Å². The topological polar surface area (TPSA) is 34.1 Å². The highest BCUT2D eigenvalue weighted by Crippen LogP contribution is 2.14. The number of hydrogen-bond acceptors (Lipinski definition) is 2. The Kier molecular flexibility index (Phi) is 11.1. The van der Waals surface area contributed by atoms with Crippen LogP contribution in [-0.4, -0.2) is 11.6 Å². The molecule has 0 saturated heterocycles. The molecule has 0 heterocycles. The van der Waals surface area contributed by atoms with Crippen molar-refractivity contribution < 1.29 is 9.59 Å². The fourth-order valence-corrected chi connectivity index (χ4v) is 3.05. The van der Waals surface area contributed by atoms with E-state index in [1.54, 1.807) is 0 Å². The lowest BCUT2D eigenvalue weighted by Crippen LogP contribution is -2.05. The first-order chi connectivity index (χ1) is 11.6. The minimum atomic E-state index is -0.0694. The van der Waals surface area contributed by atoms with E-state index in [-0.39, 0.29) is 18.0 Å². The molecule has 134 valence electrons. The van der Waals surface area contributed by atoms with Crippen molar-refractivity contribution in [3.63, 3.8) is 0 Å².